The monoisotopic (exact) mass is 385 g/mol. The number of nitrogens with one attached hydrogen (secondary N) is 2. The van der Waals surface area contributed by atoms with Gasteiger partial charge in [0.1, 0.15) is 5.75 Å². The van der Waals surface area contributed by atoms with Crippen molar-refractivity contribution in [3.8, 4) is 5.75 Å². The summed E-state index contributed by atoms with van der Waals surface area (Å²) in [6.45, 7) is 1.53. The summed E-state index contributed by atoms with van der Waals surface area (Å²) in [6, 6.07) is 9.28. The molecule has 0 aliphatic heterocycles. The van der Waals surface area contributed by atoms with Gasteiger partial charge in [-0.25, -0.2) is 0 Å². The number of thiophene rings is 1. The quantitative estimate of drug-likeness (QED) is 0.561. The van der Waals surface area contributed by atoms with E-state index >= 15 is 0 Å². The molecule has 0 radical (unpaired) electrons. The number of ether oxygens (including phenoxy) is 1. The maximum atomic E-state index is 12.4. The highest BCUT2D eigenvalue weighted by molar-refractivity contribution is 7.09. The van der Waals surface area contributed by atoms with Crippen molar-refractivity contribution in [2.75, 3.05) is 20.2 Å². The Balaban J connectivity index is 1.89. The number of hydrogen-bond acceptors (Lipinski definition) is 3. The number of guanidine groups is 1. The second-order valence-electron chi connectivity index (χ2n) is 5.70. The lowest BCUT2D eigenvalue weighted by Crippen LogP contribution is -2.37. The minimum Gasteiger partial charge on any atom is -0.484 e. The first-order valence-corrected chi connectivity index (χ1v) is 9.01. The maximum Gasteiger partial charge on any atom is 0.422 e. The predicted octanol–water partition coefficient (Wildman–Crippen LogP) is 3.91. The number of nitrogens with zero attached hydrogens (tertiary/aromatic N) is 1. The summed E-state index contributed by atoms with van der Waals surface area (Å²) in [5, 5.41) is 8.32. The highest BCUT2D eigenvalue weighted by Crippen LogP contribution is 2.23. The largest absolute Gasteiger partial charge is 0.484 e. The Labute approximate surface area is 155 Å². The van der Waals surface area contributed by atoms with Gasteiger partial charge in [0.25, 0.3) is 0 Å². The number of benzene rings is 1. The van der Waals surface area contributed by atoms with Crippen LogP contribution in [0.15, 0.2) is 40.7 Å². The van der Waals surface area contributed by atoms with Crippen molar-refractivity contribution in [3.63, 3.8) is 0 Å². The van der Waals surface area contributed by atoms with Crippen LogP contribution in [0.2, 0.25) is 0 Å². The fourth-order valence-electron chi connectivity index (χ4n) is 2.26. The SMILES string of the molecule is CN=C(NCCc1cccs1)NCc1ccc(C)cc1OCC(F)(F)F. The lowest BCUT2D eigenvalue weighted by Gasteiger charge is -2.16. The van der Waals surface area contributed by atoms with E-state index < -0.39 is 12.8 Å². The Morgan fingerprint density at radius 3 is 2.69 bits per heavy atom. The molecule has 8 heteroatoms. The van der Waals surface area contributed by atoms with E-state index in [-0.39, 0.29) is 5.75 Å². The number of rotatable bonds is 7. The second-order valence-corrected chi connectivity index (χ2v) is 6.73. The van der Waals surface area contributed by atoms with E-state index in [1.54, 1.807) is 30.5 Å². The number of halogens is 3. The van der Waals surface area contributed by atoms with Crippen LogP contribution in [0, 0.1) is 6.92 Å². The van der Waals surface area contributed by atoms with Crippen molar-refractivity contribution in [3.05, 3.63) is 51.7 Å². The summed E-state index contributed by atoms with van der Waals surface area (Å²) in [6.07, 6.45) is -3.49. The van der Waals surface area contributed by atoms with Crippen LogP contribution in [0.5, 0.6) is 5.75 Å². The predicted molar refractivity (Wildman–Crippen MR) is 99.0 cm³/mol. The number of alkyl halides is 3. The van der Waals surface area contributed by atoms with Crippen molar-refractivity contribution in [2.45, 2.75) is 26.1 Å². The molecule has 0 saturated carbocycles. The van der Waals surface area contributed by atoms with Crippen LogP contribution in [-0.4, -0.2) is 32.3 Å². The number of aryl methyl sites for hydroxylation is 1. The average Bonchev–Trinajstić information content (AvgIpc) is 3.10. The maximum absolute atomic E-state index is 12.4. The fourth-order valence-corrected chi connectivity index (χ4v) is 2.97. The first kappa shape index (κ1) is 20.1. The van der Waals surface area contributed by atoms with Crippen molar-refractivity contribution in [2.24, 2.45) is 4.99 Å². The molecule has 26 heavy (non-hydrogen) atoms. The molecular weight excluding hydrogens is 363 g/mol. The standard InChI is InChI=1S/C18H22F3N3OS/c1-13-5-6-14(16(10-13)25-12-18(19,20)21)11-24-17(22-2)23-8-7-15-4-3-9-26-15/h3-6,9-10H,7-8,11-12H2,1-2H3,(H2,22,23,24). The normalized spacial score (nSPS) is 12.1. The molecule has 2 N–H and O–H groups in total. The molecule has 4 nitrogen and oxygen atoms in total. The Morgan fingerprint density at radius 1 is 1.23 bits per heavy atom. The summed E-state index contributed by atoms with van der Waals surface area (Å²) >= 11 is 1.69. The molecule has 0 unspecified atom stereocenters. The molecule has 1 heterocycles. The van der Waals surface area contributed by atoms with E-state index in [9.17, 15) is 13.2 Å². The van der Waals surface area contributed by atoms with Gasteiger partial charge in [-0.3, -0.25) is 4.99 Å². The van der Waals surface area contributed by atoms with Crippen LogP contribution in [0.3, 0.4) is 0 Å². The highest BCUT2D eigenvalue weighted by Gasteiger charge is 2.28. The Kier molecular flexibility index (Phi) is 7.32. The van der Waals surface area contributed by atoms with Crippen LogP contribution in [0.25, 0.3) is 0 Å². The van der Waals surface area contributed by atoms with Crippen LogP contribution in [0.1, 0.15) is 16.0 Å². The zero-order valence-electron chi connectivity index (χ0n) is 14.7. The first-order valence-electron chi connectivity index (χ1n) is 8.13. The van der Waals surface area contributed by atoms with Gasteiger partial charge in [0.05, 0.1) is 0 Å². The van der Waals surface area contributed by atoms with Gasteiger partial charge >= 0.3 is 6.18 Å². The van der Waals surface area contributed by atoms with Crippen molar-refractivity contribution < 1.29 is 17.9 Å². The molecule has 0 fully saturated rings. The van der Waals surface area contributed by atoms with Gasteiger partial charge in [0.15, 0.2) is 12.6 Å². The van der Waals surface area contributed by atoms with E-state index in [0.717, 1.165) is 12.0 Å². The second kappa shape index (κ2) is 9.47. The van der Waals surface area contributed by atoms with Crippen molar-refractivity contribution >= 4 is 17.3 Å². The fraction of sp³-hybridized carbons (Fsp3) is 0.389. The Hall–Kier alpha value is -2.22. The molecule has 0 atom stereocenters. The minimum absolute atomic E-state index is 0.226. The van der Waals surface area contributed by atoms with Crippen LogP contribution in [0.4, 0.5) is 13.2 Å². The Bertz CT molecular complexity index is 715. The van der Waals surface area contributed by atoms with Gasteiger partial charge in [-0.05, 0) is 36.4 Å². The molecule has 2 aromatic rings. The third kappa shape index (κ3) is 6.95. The summed E-state index contributed by atoms with van der Waals surface area (Å²) in [7, 11) is 1.65. The van der Waals surface area contributed by atoms with Crippen molar-refractivity contribution in [1.82, 2.24) is 10.6 Å². The summed E-state index contributed by atoms with van der Waals surface area (Å²) in [4.78, 5) is 5.40. The van der Waals surface area contributed by atoms with Gasteiger partial charge in [-0.15, -0.1) is 11.3 Å². The molecule has 142 valence electrons. The lowest BCUT2D eigenvalue weighted by atomic mass is 10.1. The molecule has 0 aliphatic rings. The van der Waals surface area contributed by atoms with Crippen molar-refractivity contribution in [1.29, 1.82) is 0 Å². The molecule has 1 aromatic heterocycles. The van der Waals surface area contributed by atoms with Gasteiger partial charge in [0, 0.05) is 30.6 Å². The summed E-state index contributed by atoms with van der Waals surface area (Å²) in [5.74, 6) is 0.813. The van der Waals surface area contributed by atoms with Crippen LogP contribution >= 0.6 is 11.3 Å². The zero-order valence-corrected chi connectivity index (χ0v) is 15.5. The van der Waals surface area contributed by atoms with Gasteiger partial charge < -0.3 is 15.4 Å². The van der Waals surface area contributed by atoms with E-state index in [1.807, 2.05) is 24.4 Å². The molecule has 0 bridgehead atoms. The van der Waals surface area contributed by atoms with E-state index in [2.05, 4.69) is 21.7 Å². The number of aliphatic imine (C=N–C) groups is 1. The van der Waals surface area contributed by atoms with E-state index in [0.29, 0.717) is 24.6 Å². The molecule has 0 amide bonds. The van der Waals surface area contributed by atoms with E-state index in [1.165, 1.54) is 4.88 Å². The minimum atomic E-state index is -4.37. The van der Waals surface area contributed by atoms with Gasteiger partial charge in [-0.2, -0.15) is 13.2 Å². The van der Waals surface area contributed by atoms with Crippen LogP contribution in [-0.2, 0) is 13.0 Å². The van der Waals surface area contributed by atoms with Gasteiger partial charge in [0.2, 0.25) is 0 Å². The molecular formula is C18H22F3N3OS. The molecule has 1 aromatic carbocycles. The first-order chi connectivity index (χ1) is 12.4. The molecule has 0 spiro atoms. The zero-order chi connectivity index (χ0) is 19.0. The topological polar surface area (TPSA) is 45.7 Å². The van der Waals surface area contributed by atoms with Crippen LogP contribution < -0.4 is 15.4 Å². The third-order valence-electron chi connectivity index (χ3n) is 3.53. The highest BCUT2D eigenvalue weighted by atomic mass is 32.1. The Morgan fingerprint density at radius 2 is 2.04 bits per heavy atom. The molecule has 0 saturated heterocycles. The summed E-state index contributed by atoms with van der Waals surface area (Å²) in [5.41, 5.74) is 1.48. The smallest absolute Gasteiger partial charge is 0.422 e. The number of hydrogen-bond donors (Lipinski definition) is 2. The average molecular weight is 385 g/mol. The molecule has 0 aliphatic carbocycles. The summed E-state index contributed by atoms with van der Waals surface area (Å²) < 4.78 is 42.2. The molecule has 2 rings (SSSR count). The lowest BCUT2D eigenvalue weighted by molar-refractivity contribution is -0.153. The van der Waals surface area contributed by atoms with E-state index in [4.69, 9.17) is 4.74 Å². The third-order valence-corrected chi connectivity index (χ3v) is 4.46. The van der Waals surface area contributed by atoms with Gasteiger partial charge in [-0.1, -0.05) is 18.2 Å².